The second-order valence-electron chi connectivity index (χ2n) is 7.43. The van der Waals surface area contributed by atoms with E-state index >= 15 is 0 Å². The molecule has 1 atom stereocenters. The Hall–Kier alpha value is -2.16. The molecule has 1 N–H and O–H groups in total. The number of halogens is 2. The Labute approximate surface area is 205 Å². The maximum absolute atomic E-state index is 12.1. The second-order valence-corrected chi connectivity index (χ2v) is 8.97. The predicted octanol–water partition coefficient (Wildman–Crippen LogP) is 5.41. The number of nitrogens with one attached hydrogen (secondary N) is 1. The van der Waals surface area contributed by atoms with Crippen LogP contribution in [0.2, 0.25) is 5.02 Å². The summed E-state index contributed by atoms with van der Waals surface area (Å²) in [5, 5.41) is 0.435. The fourth-order valence-electron chi connectivity index (χ4n) is 3.37. The number of fused-ring (bicyclic) bond motifs is 1. The average Bonchev–Trinajstić information content (AvgIpc) is 3.47. The van der Waals surface area contributed by atoms with Crippen LogP contribution < -0.4 is 4.72 Å². The summed E-state index contributed by atoms with van der Waals surface area (Å²) in [6.07, 6.45) is 6.71. The van der Waals surface area contributed by atoms with Crippen LogP contribution in [0.15, 0.2) is 57.8 Å². The van der Waals surface area contributed by atoms with Crippen molar-refractivity contribution >= 4 is 41.1 Å². The molecule has 1 unspecified atom stereocenters. The number of carbonyl (C=O) groups excluding carboxylic acids is 1. The van der Waals surface area contributed by atoms with Gasteiger partial charge in [-0.1, -0.05) is 62.9 Å². The van der Waals surface area contributed by atoms with Gasteiger partial charge in [-0.2, -0.15) is 0 Å². The maximum Gasteiger partial charge on any atom is 0.337 e. The summed E-state index contributed by atoms with van der Waals surface area (Å²) in [5.41, 5.74) is 2.68. The monoisotopic (exact) mass is 494 g/mol. The predicted molar refractivity (Wildman–Crippen MR) is 136 cm³/mol. The van der Waals surface area contributed by atoms with Crippen molar-refractivity contribution in [3.05, 3.63) is 58.7 Å². The summed E-state index contributed by atoms with van der Waals surface area (Å²) >= 11 is 7.11. The second kappa shape index (κ2) is 14.2. The summed E-state index contributed by atoms with van der Waals surface area (Å²) in [7, 11) is 1.42. The van der Waals surface area contributed by atoms with Crippen LogP contribution in [-0.2, 0) is 9.53 Å². The normalized spacial score (nSPS) is 18.5. The van der Waals surface area contributed by atoms with Crippen molar-refractivity contribution in [2.45, 2.75) is 46.1 Å². The van der Waals surface area contributed by atoms with E-state index in [-0.39, 0.29) is 11.8 Å². The van der Waals surface area contributed by atoms with Crippen LogP contribution in [0.4, 0.5) is 4.39 Å². The minimum Gasteiger partial charge on any atom is -0.466 e. The number of ether oxygens (including phenoxy) is 1. The largest absolute Gasteiger partial charge is 0.466 e. The first-order chi connectivity index (χ1) is 15.9. The molecule has 6 nitrogen and oxygen atoms in total. The van der Waals surface area contributed by atoms with Crippen LogP contribution in [-0.4, -0.2) is 54.4 Å². The van der Waals surface area contributed by atoms with E-state index in [1.54, 1.807) is 24.1 Å². The molecule has 3 heterocycles. The van der Waals surface area contributed by atoms with Crippen LogP contribution >= 0.6 is 23.5 Å². The zero-order valence-corrected chi connectivity index (χ0v) is 21.2. The van der Waals surface area contributed by atoms with Crippen molar-refractivity contribution in [2.24, 2.45) is 9.98 Å². The van der Waals surface area contributed by atoms with Gasteiger partial charge in [0.2, 0.25) is 0 Å². The summed E-state index contributed by atoms with van der Waals surface area (Å²) in [6, 6.07) is 6.12. The quantitative estimate of drug-likeness (QED) is 0.438. The molecule has 9 heteroatoms. The van der Waals surface area contributed by atoms with Gasteiger partial charge in [-0.05, 0) is 18.2 Å². The molecule has 4 rings (SSSR count). The van der Waals surface area contributed by atoms with Gasteiger partial charge >= 0.3 is 5.97 Å². The molecule has 0 saturated carbocycles. The lowest BCUT2D eigenvalue weighted by Crippen LogP contribution is -2.39. The van der Waals surface area contributed by atoms with Gasteiger partial charge in [0.25, 0.3) is 0 Å². The summed E-state index contributed by atoms with van der Waals surface area (Å²) in [4.78, 5) is 23.1. The lowest BCUT2D eigenvalue weighted by Gasteiger charge is -2.27. The Bertz CT molecular complexity index is 916. The zero-order chi connectivity index (χ0) is 24.2. The molecule has 0 aromatic heterocycles. The van der Waals surface area contributed by atoms with Crippen molar-refractivity contribution in [1.29, 1.82) is 0 Å². The number of hydrogen-bond acceptors (Lipinski definition) is 7. The molecule has 0 amide bonds. The Kier molecular flexibility index (Phi) is 11.6. The number of benzene rings is 1. The first-order valence-electron chi connectivity index (χ1n) is 11.1. The molecule has 1 aromatic rings. The van der Waals surface area contributed by atoms with E-state index in [2.05, 4.69) is 40.4 Å². The maximum atomic E-state index is 12.1. The van der Waals surface area contributed by atoms with Crippen LogP contribution in [0, 0.1) is 5.82 Å². The molecule has 180 valence electrons. The van der Waals surface area contributed by atoms with Crippen molar-refractivity contribution in [3.8, 4) is 0 Å². The number of carbonyl (C=O) groups is 1. The number of methoxy groups -OCH3 is 1. The first kappa shape index (κ1) is 27.1. The minimum atomic E-state index is -0.294. The van der Waals surface area contributed by atoms with Gasteiger partial charge in [0.15, 0.2) is 5.84 Å². The molecule has 3 aliphatic heterocycles. The fourth-order valence-corrected chi connectivity index (χ4v) is 4.11. The number of aliphatic imine (C=N–C) groups is 2. The van der Waals surface area contributed by atoms with E-state index in [9.17, 15) is 9.18 Å². The Morgan fingerprint density at radius 1 is 1.36 bits per heavy atom. The highest BCUT2D eigenvalue weighted by Gasteiger charge is 2.37. The van der Waals surface area contributed by atoms with Crippen molar-refractivity contribution < 1.29 is 13.9 Å². The number of rotatable bonds is 5. The van der Waals surface area contributed by atoms with Gasteiger partial charge in [0, 0.05) is 48.1 Å². The third-order valence-electron chi connectivity index (χ3n) is 4.68. The number of amidine groups is 1. The summed E-state index contributed by atoms with van der Waals surface area (Å²) < 4.78 is 20.5. The highest BCUT2D eigenvalue weighted by atomic mass is 35.5. The Balaban J connectivity index is 0.000000291. The summed E-state index contributed by atoms with van der Waals surface area (Å²) in [5.74, 6) is 1.34. The molecule has 1 aromatic carbocycles. The fraction of sp³-hybridized carbons (Fsp3) is 0.458. The van der Waals surface area contributed by atoms with Gasteiger partial charge in [-0.15, -0.1) is 0 Å². The number of hydrogen-bond donors (Lipinski definition) is 1. The number of allylic oxidation sites excluding steroid dienone is 1. The van der Waals surface area contributed by atoms with Crippen LogP contribution in [0.25, 0.3) is 0 Å². The van der Waals surface area contributed by atoms with Gasteiger partial charge in [-0.3, -0.25) is 14.7 Å². The van der Waals surface area contributed by atoms with E-state index in [1.807, 2.05) is 12.3 Å². The van der Waals surface area contributed by atoms with Gasteiger partial charge in [-0.25, -0.2) is 9.18 Å². The van der Waals surface area contributed by atoms with Crippen LogP contribution in [0.1, 0.15) is 40.0 Å². The van der Waals surface area contributed by atoms with Gasteiger partial charge < -0.3 is 9.64 Å². The van der Waals surface area contributed by atoms with Crippen LogP contribution in [0.3, 0.4) is 0 Å². The average molecular weight is 495 g/mol. The molecule has 1 fully saturated rings. The van der Waals surface area contributed by atoms with E-state index in [0.29, 0.717) is 23.2 Å². The topological polar surface area (TPSA) is 66.3 Å². The van der Waals surface area contributed by atoms with Gasteiger partial charge in [0.05, 0.1) is 24.9 Å². The van der Waals surface area contributed by atoms with Crippen molar-refractivity contribution in [2.75, 3.05) is 26.0 Å². The molecule has 1 saturated heterocycles. The number of esters is 1. The lowest BCUT2D eigenvalue weighted by atomic mass is 10.1. The highest BCUT2D eigenvalue weighted by molar-refractivity contribution is 7.97. The van der Waals surface area contributed by atoms with E-state index in [0.717, 1.165) is 42.4 Å². The molecule has 0 bridgehead atoms. The lowest BCUT2D eigenvalue weighted by molar-refractivity contribution is -0.136. The van der Waals surface area contributed by atoms with Crippen molar-refractivity contribution in [1.82, 2.24) is 9.62 Å². The standard InChI is InChI=1S/C15H20N4O2S.C6H4ClF.C3H8/c1-3-22-18-10-7-13-11(15(20)21-2)8-17-14(19(13)9-10)12-5-4-6-16-12;7-5-2-1-3-6(8)4-5;1-3-2/h4,6,10,18H,3,5,7-9H2,1-2H3;1-4H;3H2,1-2H3. The van der Waals surface area contributed by atoms with E-state index in [1.165, 1.54) is 25.7 Å². The molecule has 0 aliphatic carbocycles. The highest BCUT2D eigenvalue weighted by Crippen LogP contribution is 2.31. The minimum absolute atomic E-state index is 0.280. The SMILES string of the molecule is CCC.CCSNC1CC2=C(C(=O)OC)CN=C(C3=NC=CC3)N2C1.Fc1cccc(Cl)c1. The van der Waals surface area contributed by atoms with Crippen molar-refractivity contribution in [3.63, 3.8) is 0 Å². The van der Waals surface area contributed by atoms with Gasteiger partial charge in [0.1, 0.15) is 5.82 Å². The Morgan fingerprint density at radius 2 is 2.12 bits per heavy atom. The summed E-state index contributed by atoms with van der Waals surface area (Å²) in [6.45, 7) is 7.55. The molecular formula is C24H32ClFN4O2S. The Morgan fingerprint density at radius 3 is 2.67 bits per heavy atom. The first-order valence-corrected chi connectivity index (χ1v) is 12.4. The van der Waals surface area contributed by atoms with Crippen LogP contribution in [0.5, 0.6) is 0 Å². The molecule has 0 radical (unpaired) electrons. The molecule has 3 aliphatic rings. The number of nitrogens with zero attached hydrogens (tertiary/aromatic N) is 3. The van der Waals surface area contributed by atoms with E-state index in [4.69, 9.17) is 16.3 Å². The third-order valence-corrected chi connectivity index (χ3v) is 5.70. The van der Waals surface area contributed by atoms with E-state index < -0.39 is 0 Å². The zero-order valence-electron chi connectivity index (χ0n) is 19.6. The smallest absolute Gasteiger partial charge is 0.337 e. The molecule has 33 heavy (non-hydrogen) atoms. The third kappa shape index (κ3) is 7.98. The molecule has 0 spiro atoms. The molecular weight excluding hydrogens is 463 g/mol.